The van der Waals surface area contributed by atoms with E-state index < -0.39 is 44.8 Å². The summed E-state index contributed by atoms with van der Waals surface area (Å²) in [6.45, 7) is 3.69. The van der Waals surface area contributed by atoms with Crippen molar-refractivity contribution in [2.75, 3.05) is 5.32 Å². The van der Waals surface area contributed by atoms with Gasteiger partial charge in [-0.25, -0.2) is 26.0 Å². The van der Waals surface area contributed by atoms with Crippen molar-refractivity contribution in [3.63, 3.8) is 0 Å². The minimum Gasteiger partial charge on any atom is -0.322 e. The summed E-state index contributed by atoms with van der Waals surface area (Å²) in [4.78, 5) is 12.2. The zero-order valence-electron chi connectivity index (χ0n) is 16.3. The van der Waals surface area contributed by atoms with Gasteiger partial charge >= 0.3 is 0 Å². The molecule has 30 heavy (non-hydrogen) atoms. The van der Waals surface area contributed by atoms with Gasteiger partial charge in [-0.2, -0.15) is 4.31 Å². The van der Waals surface area contributed by atoms with Crippen molar-refractivity contribution in [1.29, 1.82) is 0 Å². The summed E-state index contributed by atoms with van der Waals surface area (Å²) in [6.07, 6.45) is 2.46. The van der Waals surface area contributed by atoms with Gasteiger partial charge in [0.15, 0.2) is 23.3 Å². The quantitative estimate of drug-likeness (QED) is 0.431. The number of benzene rings is 2. The average Bonchev–Trinajstić information content (AvgIpc) is 2.69. The fraction of sp³-hybridized carbons (Fsp3) is 0.350. The van der Waals surface area contributed by atoms with Gasteiger partial charge in [-0.1, -0.05) is 6.42 Å². The number of hydrogen-bond donors (Lipinski definition) is 1. The van der Waals surface area contributed by atoms with Crippen molar-refractivity contribution in [3.05, 3.63) is 59.2 Å². The van der Waals surface area contributed by atoms with Crippen molar-refractivity contribution in [2.45, 2.75) is 50.1 Å². The van der Waals surface area contributed by atoms with E-state index in [0.717, 1.165) is 19.3 Å². The molecule has 1 N–H and O–H groups in total. The fourth-order valence-corrected chi connectivity index (χ4v) is 5.52. The summed E-state index contributed by atoms with van der Waals surface area (Å²) in [5.74, 6) is -8.84. The van der Waals surface area contributed by atoms with Crippen LogP contribution in [0.3, 0.4) is 0 Å². The Hall–Kier alpha value is -2.46. The van der Waals surface area contributed by atoms with Gasteiger partial charge in [-0.3, -0.25) is 4.79 Å². The summed E-state index contributed by atoms with van der Waals surface area (Å²) in [5.41, 5.74) is -0.942. The Morgan fingerprint density at radius 3 is 2.10 bits per heavy atom. The largest absolute Gasteiger partial charge is 0.322 e. The molecular formula is C20H20F4N2O3S. The van der Waals surface area contributed by atoms with E-state index in [1.807, 2.05) is 13.8 Å². The highest BCUT2D eigenvalue weighted by molar-refractivity contribution is 7.89. The standard InChI is InChI=1S/C20H20F4N2O3S/c1-11-4-3-5-12(2)26(11)30(28,29)14-8-6-13(7-9-14)25-20(27)15-10-16(21)18(23)19(24)17(15)22/h6-12H,3-5H2,1-2H3,(H,25,27). The predicted molar refractivity (Wildman–Crippen MR) is 102 cm³/mol. The summed E-state index contributed by atoms with van der Waals surface area (Å²) < 4.78 is 80.9. The number of hydrogen-bond acceptors (Lipinski definition) is 3. The second kappa shape index (κ2) is 8.35. The molecule has 0 aliphatic carbocycles. The smallest absolute Gasteiger partial charge is 0.258 e. The molecule has 1 aliphatic heterocycles. The number of nitrogens with zero attached hydrogens (tertiary/aromatic N) is 1. The van der Waals surface area contributed by atoms with Crippen LogP contribution in [0.2, 0.25) is 0 Å². The van der Waals surface area contributed by atoms with Crippen molar-refractivity contribution >= 4 is 21.6 Å². The second-order valence-corrected chi connectivity index (χ2v) is 9.13. The first-order valence-electron chi connectivity index (χ1n) is 9.32. The lowest BCUT2D eigenvalue weighted by Gasteiger charge is -2.37. The van der Waals surface area contributed by atoms with Crippen LogP contribution in [-0.2, 0) is 10.0 Å². The highest BCUT2D eigenvalue weighted by Crippen LogP contribution is 2.30. The molecule has 1 fully saturated rings. The zero-order chi connectivity index (χ0) is 22.2. The van der Waals surface area contributed by atoms with Crippen LogP contribution in [0.1, 0.15) is 43.5 Å². The molecule has 2 atom stereocenters. The normalized spacial score (nSPS) is 20.2. The van der Waals surface area contributed by atoms with Crippen LogP contribution in [0.4, 0.5) is 23.2 Å². The van der Waals surface area contributed by atoms with Crippen LogP contribution >= 0.6 is 0 Å². The van der Waals surface area contributed by atoms with Gasteiger partial charge < -0.3 is 5.32 Å². The summed E-state index contributed by atoms with van der Waals surface area (Å²) >= 11 is 0. The Balaban J connectivity index is 1.82. The maximum atomic E-state index is 13.8. The highest BCUT2D eigenvalue weighted by atomic mass is 32.2. The summed E-state index contributed by atoms with van der Waals surface area (Å²) in [7, 11) is -3.76. The molecule has 3 rings (SSSR count). The van der Waals surface area contributed by atoms with Crippen LogP contribution in [0.15, 0.2) is 35.2 Å². The monoisotopic (exact) mass is 444 g/mol. The number of carbonyl (C=O) groups excluding carboxylic acids is 1. The molecule has 0 aromatic heterocycles. The molecule has 0 saturated carbocycles. The van der Waals surface area contributed by atoms with E-state index in [1.165, 1.54) is 28.6 Å². The molecule has 1 aliphatic rings. The van der Waals surface area contributed by atoms with E-state index in [9.17, 15) is 30.8 Å². The third-order valence-corrected chi connectivity index (χ3v) is 7.29. The molecule has 2 aromatic carbocycles. The van der Waals surface area contributed by atoms with E-state index in [4.69, 9.17) is 0 Å². The highest BCUT2D eigenvalue weighted by Gasteiger charge is 2.35. The number of carbonyl (C=O) groups is 1. The first-order chi connectivity index (χ1) is 14.0. The Kier molecular flexibility index (Phi) is 6.19. The Morgan fingerprint density at radius 1 is 0.967 bits per heavy atom. The van der Waals surface area contributed by atoms with Crippen molar-refractivity contribution in [3.8, 4) is 0 Å². The van der Waals surface area contributed by atoms with Gasteiger partial charge in [0.2, 0.25) is 10.0 Å². The summed E-state index contributed by atoms with van der Waals surface area (Å²) in [6, 6.07) is 5.06. The van der Waals surface area contributed by atoms with Gasteiger partial charge in [0, 0.05) is 17.8 Å². The Bertz CT molecular complexity index is 1060. The minimum absolute atomic E-state index is 0.0196. The van der Waals surface area contributed by atoms with Crippen LogP contribution in [-0.4, -0.2) is 30.7 Å². The molecule has 2 unspecified atom stereocenters. The third-order valence-electron chi connectivity index (χ3n) is 5.15. The minimum atomic E-state index is -3.76. The fourth-order valence-electron chi connectivity index (χ4n) is 3.64. The van der Waals surface area contributed by atoms with E-state index in [0.29, 0.717) is 0 Å². The molecule has 10 heteroatoms. The molecule has 0 bridgehead atoms. The van der Waals surface area contributed by atoms with Gasteiger partial charge in [0.05, 0.1) is 10.5 Å². The van der Waals surface area contributed by atoms with E-state index in [1.54, 1.807) is 0 Å². The number of halogens is 4. The summed E-state index contributed by atoms with van der Waals surface area (Å²) in [5, 5.41) is 2.21. The van der Waals surface area contributed by atoms with Gasteiger partial charge in [0.1, 0.15) is 0 Å². The molecule has 1 saturated heterocycles. The van der Waals surface area contributed by atoms with Crippen LogP contribution in [0.25, 0.3) is 0 Å². The van der Waals surface area contributed by atoms with Gasteiger partial charge in [0.25, 0.3) is 5.91 Å². The van der Waals surface area contributed by atoms with Crippen LogP contribution in [0.5, 0.6) is 0 Å². The third kappa shape index (κ3) is 4.06. The molecule has 1 amide bonds. The van der Waals surface area contributed by atoms with E-state index in [-0.39, 0.29) is 28.7 Å². The van der Waals surface area contributed by atoms with Crippen LogP contribution < -0.4 is 5.32 Å². The van der Waals surface area contributed by atoms with Crippen molar-refractivity contribution in [2.24, 2.45) is 0 Å². The lowest BCUT2D eigenvalue weighted by atomic mass is 10.0. The maximum absolute atomic E-state index is 13.8. The predicted octanol–water partition coefficient (Wildman–Crippen LogP) is 4.45. The number of anilines is 1. The van der Waals surface area contributed by atoms with Crippen molar-refractivity contribution < 1.29 is 30.8 Å². The first-order valence-corrected chi connectivity index (χ1v) is 10.8. The van der Waals surface area contributed by atoms with Gasteiger partial charge in [-0.05, 0) is 57.0 Å². The molecule has 162 valence electrons. The lowest BCUT2D eigenvalue weighted by Crippen LogP contribution is -2.47. The number of nitrogens with one attached hydrogen (secondary N) is 1. The molecule has 0 radical (unpaired) electrons. The molecule has 2 aromatic rings. The lowest BCUT2D eigenvalue weighted by molar-refractivity contribution is 0.102. The number of sulfonamides is 1. The molecule has 1 heterocycles. The number of amides is 1. The average molecular weight is 444 g/mol. The molecule has 5 nitrogen and oxygen atoms in total. The molecule has 0 spiro atoms. The van der Waals surface area contributed by atoms with E-state index in [2.05, 4.69) is 5.32 Å². The molecular weight excluding hydrogens is 424 g/mol. The Morgan fingerprint density at radius 2 is 1.53 bits per heavy atom. The number of piperidine rings is 1. The number of rotatable bonds is 4. The SMILES string of the molecule is CC1CCCC(C)N1S(=O)(=O)c1ccc(NC(=O)c2cc(F)c(F)c(F)c2F)cc1. The second-order valence-electron chi connectivity index (χ2n) is 7.29. The zero-order valence-corrected chi connectivity index (χ0v) is 17.1. The van der Waals surface area contributed by atoms with Gasteiger partial charge in [-0.15, -0.1) is 0 Å². The van der Waals surface area contributed by atoms with E-state index >= 15 is 0 Å². The van der Waals surface area contributed by atoms with Crippen LogP contribution in [0, 0.1) is 23.3 Å². The first kappa shape index (κ1) is 22.2. The van der Waals surface area contributed by atoms with Crippen molar-refractivity contribution in [1.82, 2.24) is 4.31 Å². The maximum Gasteiger partial charge on any atom is 0.258 e. The Labute approximate surface area is 171 Å². The topological polar surface area (TPSA) is 66.5 Å².